The van der Waals surface area contributed by atoms with Crippen LogP contribution >= 0.6 is 0 Å². The largest absolute Gasteiger partial charge is 0.392 e. The Balaban J connectivity index is 2.98. The lowest BCUT2D eigenvalue weighted by molar-refractivity contribution is 0.172. The van der Waals surface area contributed by atoms with E-state index < -0.39 is 0 Å². The zero-order valence-electron chi connectivity index (χ0n) is 8.83. The van der Waals surface area contributed by atoms with Crippen molar-refractivity contribution in [2.45, 2.75) is 46.8 Å². The molecule has 1 heterocycles. The van der Waals surface area contributed by atoms with Crippen LogP contribution in [0.15, 0.2) is 0 Å². The van der Waals surface area contributed by atoms with Gasteiger partial charge in [-0.1, -0.05) is 6.92 Å². The Morgan fingerprint density at radius 3 is 2.46 bits per heavy atom. The second kappa shape index (κ2) is 3.92. The van der Waals surface area contributed by atoms with E-state index in [1.165, 1.54) is 5.69 Å². The molecular formula is C10H18N2O. The molecule has 13 heavy (non-hydrogen) atoms. The monoisotopic (exact) mass is 182 g/mol. The van der Waals surface area contributed by atoms with E-state index in [4.69, 9.17) is 0 Å². The summed E-state index contributed by atoms with van der Waals surface area (Å²) in [5, 5.41) is 9.29. The Morgan fingerprint density at radius 2 is 2.08 bits per heavy atom. The van der Waals surface area contributed by atoms with E-state index in [0.717, 1.165) is 17.9 Å². The van der Waals surface area contributed by atoms with Crippen molar-refractivity contribution in [2.24, 2.45) is 0 Å². The number of imidazole rings is 1. The van der Waals surface area contributed by atoms with Gasteiger partial charge >= 0.3 is 0 Å². The highest BCUT2D eigenvalue weighted by molar-refractivity contribution is 5.15. The summed E-state index contributed by atoms with van der Waals surface area (Å²) in [6.45, 7) is 8.58. The van der Waals surface area contributed by atoms with E-state index >= 15 is 0 Å². The van der Waals surface area contributed by atoms with Crippen LogP contribution in [0.25, 0.3) is 0 Å². The summed E-state index contributed by atoms with van der Waals surface area (Å²) in [5.41, 5.74) is 2.32. The van der Waals surface area contributed by atoms with Gasteiger partial charge in [-0.25, -0.2) is 4.98 Å². The van der Waals surface area contributed by atoms with Crippen molar-refractivity contribution >= 4 is 0 Å². The molecule has 3 nitrogen and oxygen atoms in total. The molecule has 1 atom stereocenters. The van der Waals surface area contributed by atoms with Gasteiger partial charge in [-0.2, -0.15) is 0 Å². The number of aliphatic hydroxyl groups is 1. The molecule has 0 saturated heterocycles. The second-order valence-electron chi connectivity index (χ2n) is 3.50. The van der Waals surface area contributed by atoms with E-state index in [2.05, 4.69) is 23.4 Å². The number of rotatable bonds is 3. The molecule has 1 N–H and O–H groups in total. The van der Waals surface area contributed by atoms with Gasteiger partial charge in [0.05, 0.1) is 11.8 Å². The number of aliphatic hydroxyl groups excluding tert-OH is 1. The molecule has 0 aliphatic carbocycles. The van der Waals surface area contributed by atoms with Gasteiger partial charge in [0.2, 0.25) is 0 Å². The molecule has 3 heteroatoms. The highest BCUT2D eigenvalue weighted by Crippen LogP contribution is 2.11. The number of aromatic nitrogens is 2. The van der Waals surface area contributed by atoms with E-state index in [9.17, 15) is 5.11 Å². The van der Waals surface area contributed by atoms with Crippen LogP contribution in [-0.4, -0.2) is 20.8 Å². The van der Waals surface area contributed by atoms with Crippen molar-refractivity contribution in [3.63, 3.8) is 0 Å². The summed E-state index contributed by atoms with van der Waals surface area (Å²) >= 11 is 0. The summed E-state index contributed by atoms with van der Waals surface area (Å²) in [4.78, 5) is 4.43. The van der Waals surface area contributed by atoms with Gasteiger partial charge in [-0.15, -0.1) is 0 Å². The maximum absolute atomic E-state index is 9.29. The van der Waals surface area contributed by atoms with Crippen LogP contribution in [0.4, 0.5) is 0 Å². The Labute approximate surface area is 79.4 Å². The summed E-state index contributed by atoms with van der Waals surface area (Å²) in [5.74, 6) is 0.996. The van der Waals surface area contributed by atoms with Crippen molar-refractivity contribution in [3.05, 3.63) is 17.2 Å². The maximum atomic E-state index is 9.29. The molecule has 0 fully saturated rings. The number of hydrogen-bond acceptors (Lipinski definition) is 2. The Hall–Kier alpha value is -0.830. The minimum absolute atomic E-state index is 0.309. The highest BCUT2D eigenvalue weighted by Gasteiger charge is 2.10. The van der Waals surface area contributed by atoms with Crippen molar-refractivity contribution in [2.75, 3.05) is 0 Å². The molecule has 0 spiro atoms. The first kappa shape index (κ1) is 10.3. The summed E-state index contributed by atoms with van der Waals surface area (Å²) in [6.07, 6.45) is 0.649. The first-order valence-corrected chi connectivity index (χ1v) is 4.77. The van der Waals surface area contributed by atoms with Crippen molar-refractivity contribution in [3.8, 4) is 0 Å². The number of hydrogen-bond donors (Lipinski definition) is 1. The normalized spacial score (nSPS) is 13.3. The van der Waals surface area contributed by atoms with Gasteiger partial charge in [-0.05, 0) is 27.2 Å². The van der Waals surface area contributed by atoms with Gasteiger partial charge in [0.1, 0.15) is 5.82 Å². The summed E-state index contributed by atoms with van der Waals surface area (Å²) < 4.78 is 2.07. The molecule has 0 radical (unpaired) electrons. The maximum Gasteiger partial charge on any atom is 0.106 e. The van der Waals surface area contributed by atoms with Gasteiger partial charge in [0.25, 0.3) is 0 Å². The lowest BCUT2D eigenvalue weighted by Crippen LogP contribution is -2.14. The van der Waals surface area contributed by atoms with Crippen molar-refractivity contribution in [1.82, 2.24) is 9.55 Å². The first-order valence-electron chi connectivity index (χ1n) is 4.77. The van der Waals surface area contributed by atoms with Gasteiger partial charge in [0.15, 0.2) is 0 Å². The lowest BCUT2D eigenvalue weighted by Gasteiger charge is -2.09. The van der Waals surface area contributed by atoms with Crippen LogP contribution in [0.3, 0.4) is 0 Å². The number of aryl methyl sites for hydroxylation is 2. The SMILES string of the molecule is CCc1nc(C)n(CC(C)O)c1C. The predicted octanol–water partition coefficient (Wildman–Crippen LogP) is 1.44. The third-order valence-corrected chi connectivity index (χ3v) is 2.29. The fraction of sp³-hybridized carbons (Fsp3) is 0.700. The molecule has 1 aromatic heterocycles. The average molecular weight is 182 g/mol. The molecule has 0 aromatic carbocycles. The molecule has 0 aliphatic heterocycles. The van der Waals surface area contributed by atoms with Crippen LogP contribution in [0.2, 0.25) is 0 Å². The smallest absolute Gasteiger partial charge is 0.106 e. The molecular weight excluding hydrogens is 164 g/mol. The topological polar surface area (TPSA) is 38.0 Å². The predicted molar refractivity (Wildman–Crippen MR) is 52.8 cm³/mol. The molecule has 0 bridgehead atoms. The molecule has 1 unspecified atom stereocenters. The fourth-order valence-electron chi connectivity index (χ4n) is 1.60. The first-order chi connectivity index (χ1) is 6.06. The van der Waals surface area contributed by atoms with E-state index in [1.807, 2.05) is 6.92 Å². The summed E-state index contributed by atoms with van der Waals surface area (Å²) in [6, 6.07) is 0. The average Bonchev–Trinajstić information content (AvgIpc) is 2.31. The minimum Gasteiger partial charge on any atom is -0.392 e. The number of nitrogens with zero attached hydrogens (tertiary/aromatic N) is 2. The van der Waals surface area contributed by atoms with Crippen molar-refractivity contribution in [1.29, 1.82) is 0 Å². The minimum atomic E-state index is -0.309. The van der Waals surface area contributed by atoms with Gasteiger partial charge in [-0.3, -0.25) is 0 Å². The molecule has 0 saturated carbocycles. The van der Waals surface area contributed by atoms with Crippen LogP contribution in [-0.2, 0) is 13.0 Å². The zero-order chi connectivity index (χ0) is 10.0. The molecule has 0 aliphatic rings. The fourth-order valence-corrected chi connectivity index (χ4v) is 1.60. The van der Waals surface area contributed by atoms with Crippen LogP contribution in [0.1, 0.15) is 31.1 Å². The molecule has 1 rings (SSSR count). The van der Waals surface area contributed by atoms with Crippen LogP contribution in [0.5, 0.6) is 0 Å². The highest BCUT2D eigenvalue weighted by atomic mass is 16.3. The van der Waals surface area contributed by atoms with Gasteiger partial charge in [0, 0.05) is 12.2 Å². The molecule has 74 valence electrons. The van der Waals surface area contributed by atoms with E-state index in [1.54, 1.807) is 6.92 Å². The molecule has 1 aromatic rings. The standard InChI is InChI=1S/C10H18N2O/c1-5-10-8(3)12(6-7(2)13)9(4)11-10/h7,13H,5-6H2,1-4H3. The Kier molecular flexibility index (Phi) is 3.09. The van der Waals surface area contributed by atoms with Crippen molar-refractivity contribution < 1.29 is 5.11 Å². The van der Waals surface area contributed by atoms with E-state index in [0.29, 0.717) is 6.54 Å². The van der Waals surface area contributed by atoms with Crippen LogP contribution in [0, 0.1) is 13.8 Å². The Bertz CT molecular complexity index is 289. The van der Waals surface area contributed by atoms with E-state index in [-0.39, 0.29) is 6.10 Å². The third kappa shape index (κ3) is 2.10. The second-order valence-corrected chi connectivity index (χ2v) is 3.50. The molecule has 0 amide bonds. The third-order valence-electron chi connectivity index (χ3n) is 2.29. The Morgan fingerprint density at radius 1 is 1.46 bits per heavy atom. The zero-order valence-corrected chi connectivity index (χ0v) is 8.83. The van der Waals surface area contributed by atoms with Crippen LogP contribution < -0.4 is 0 Å². The lowest BCUT2D eigenvalue weighted by atomic mass is 10.3. The van der Waals surface area contributed by atoms with Gasteiger partial charge < -0.3 is 9.67 Å². The quantitative estimate of drug-likeness (QED) is 0.768. The summed E-state index contributed by atoms with van der Waals surface area (Å²) in [7, 11) is 0.